The number of carboxylic acids is 1. The van der Waals surface area contributed by atoms with Gasteiger partial charge in [0.05, 0.1) is 17.0 Å². The van der Waals surface area contributed by atoms with E-state index in [-0.39, 0.29) is 18.0 Å². The second-order valence-corrected chi connectivity index (χ2v) is 7.50. The molecule has 0 unspecified atom stereocenters. The Hall–Kier alpha value is -3.56. The summed E-state index contributed by atoms with van der Waals surface area (Å²) in [6.45, 7) is 6.07. The molecule has 0 bridgehead atoms. The zero-order chi connectivity index (χ0) is 24.1. The van der Waals surface area contributed by atoms with E-state index in [2.05, 4.69) is 10.5 Å². The van der Waals surface area contributed by atoms with Gasteiger partial charge in [-0.25, -0.2) is 4.79 Å². The zero-order valence-corrected chi connectivity index (χ0v) is 18.0. The Morgan fingerprint density at radius 1 is 1.16 bits per heavy atom. The van der Waals surface area contributed by atoms with Crippen LogP contribution in [0.5, 0.6) is 11.5 Å². The number of hydrogen-bond donors (Lipinski definition) is 3. The highest BCUT2D eigenvalue weighted by Crippen LogP contribution is 2.30. The fraction of sp³-hybridized carbons (Fsp3) is 0.318. The lowest BCUT2D eigenvalue weighted by Gasteiger charge is -2.23. The van der Waals surface area contributed by atoms with Crippen molar-refractivity contribution in [2.45, 2.75) is 39.5 Å². The molecule has 2 rings (SSSR count). The Morgan fingerprint density at radius 2 is 1.78 bits per heavy atom. The maximum Gasteiger partial charge on any atom is 0.416 e. The molecular formula is C22H24F3N3O4. The lowest BCUT2D eigenvalue weighted by molar-refractivity contribution is -0.152. The second kappa shape index (κ2) is 9.71. The van der Waals surface area contributed by atoms with Crippen molar-refractivity contribution in [2.24, 2.45) is 5.10 Å². The van der Waals surface area contributed by atoms with Gasteiger partial charge < -0.3 is 20.0 Å². The van der Waals surface area contributed by atoms with Gasteiger partial charge in [-0.15, -0.1) is 0 Å². The normalized spacial score (nSPS) is 12.3. The molecule has 0 saturated carbocycles. The average molecular weight is 451 g/mol. The number of nitrogens with one attached hydrogen (secondary N) is 2. The topological polar surface area (TPSA) is 104 Å². The first-order valence-electron chi connectivity index (χ1n) is 9.51. The molecule has 2 aromatic rings. The molecule has 0 radical (unpaired) electrons. The molecule has 0 aliphatic rings. The van der Waals surface area contributed by atoms with E-state index in [0.29, 0.717) is 22.7 Å². The predicted octanol–water partition coefficient (Wildman–Crippen LogP) is 5.14. The molecule has 0 fully saturated rings. The van der Waals surface area contributed by atoms with Crippen molar-refractivity contribution < 1.29 is 32.5 Å². The summed E-state index contributed by atoms with van der Waals surface area (Å²) < 4.78 is 49.1. The number of aryl methyl sites for hydroxylation is 1. The molecule has 0 heterocycles. The van der Waals surface area contributed by atoms with Crippen molar-refractivity contribution in [3.63, 3.8) is 0 Å². The number of aliphatic carboxylic acids is 1. The Balaban J connectivity index is 2.05. The summed E-state index contributed by atoms with van der Waals surface area (Å²) in [5.41, 5.74) is 1.80. The van der Waals surface area contributed by atoms with Gasteiger partial charge in [-0.1, -0.05) is 0 Å². The highest BCUT2D eigenvalue weighted by atomic mass is 19.4. The Kier molecular flexibility index (Phi) is 7.50. The van der Waals surface area contributed by atoms with Gasteiger partial charge in [0.25, 0.3) is 0 Å². The molecule has 0 spiro atoms. The van der Waals surface area contributed by atoms with Crippen LogP contribution in [-0.4, -0.2) is 34.7 Å². The maximum absolute atomic E-state index is 12.6. The van der Waals surface area contributed by atoms with Crippen LogP contribution in [0.2, 0.25) is 0 Å². The average Bonchev–Trinajstić information content (AvgIpc) is 2.69. The van der Waals surface area contributed by atoms with Crippen molar-refractivity contribution in [1.29, 1.82) is 5.41 Å². The van der Waals surface area contributed by atoms with Crippen LogP contribution < -0.4 is 14.9 Å². The van der Waals surface area contributed by atoms with Crippen molar-refractivity contribution in [3.05, 3.63) is 53.6 Å². The molecule has 172 valence electrons. The first-order valence-corrected chi connectivity index (χ1v) is 9.51. The molecule has 2 aromatic carbocycles. The van der Waals surface area contributed by atoms with Crippen LogP contribution in [0.4, 0.5) is 18.9 Å². The molecule has 32 heavy (non-hydrogen) atoms. The Bertz CT molecular complexity index is 1020. The summed E-state index contributed by atoms with van der Waals surface area (Å²) in [6.07, 6.45) is -4.42. The number of rotatable bonds is 9. The quantitative estimate of drug-likeness (QED) is 0.362. The van der Waals surface area contributed by atoms with E-state index in [4.69, 9.17) is 14.9 Å². The number of hydrazone groups is 1. The van der Waals surface area contributed by atoms with Crippen LogP contribution in [0.25, 0.3) is 0 Å². The largest absolute Gasteiger partial charge is 0.487 e. The first-order chi connectivity index (χ1) is 14.8. The standard InChI is InChI=1S/C22H24F3N3O4/c1-13-11-17(9-10-19(13)32-21(3,4)20(29)30)31-12-18(14(2)26)28-27-16-7-5-15(6-8-16)22(23,24)25/h5-11,26-27H,12H2,1-4H3,(H,29,30)/b26-14?,28-18-. The predicted molar refractivity (Wildman–Crippen MR) is 115 cm³/mol. The summed E-state index contributed by atoms with van der Waals surface area (Å²) in [5.74, 6) is -0.252. The first kappa shape index (κ1) is 24.7. The minimum absolute atomic E-state index is 0.0662. The minimum atomic E-state index is -4.42. The number of carbonyl (C=O) groups is 1. The van der Waals surface area contributed by atoms with Crippen molar-refractivity contribution in [3.8, 4) is 11.5 Å². The monoisotopic (exact) mass is 451 g/mol. The molecule has 0 aliphatic carbocycles. The number of halogens is 3. The fourth-order valence-electron chi connectivity index (χ4n) is 2.39. The molecule has 10 heteroatoms. The van der Waals surface area contributed by atoms with E-state index in [0.717, 1.165) is 12.1 Å². The highest BCUT2D eigenvalue weighted by Gasteiger charge is 2.30. The number of anilines is 1. The van der Waals surface area contributed by atoms with Crippen molar-refractivity contribution in [2.75, 3.05) is 12.0 Å². The van der Waals surface area contributed by atoms with Gasteiger partial charge in [0.15, 0.2) is 5.60 Å². The minimum Gasteiger partial charge on any atom is -0.487 e. The number of hydrogen-bond acceptors (Lipinski definition) is 6. The molecule has 0 atom stereocenters. The number of ether oxygens (including phenoxy) is 2. The summed E-state index contributed by atoms with van der Waals surface area (Å²) >= 11 is 0. The van der Waals surface area contributed by atoms with Crippen LogP contribution >= 0.6 is 0 Å². The van der Waals surface area contributed by atoms with Crippen molar-refractivity contribution in [1.82, 2.24) is 0 Å². The smallest absolute Gasteiger partial charge is 0.416 e. The molecule has 3 N–H and O–H groups in total. The van der Waals surface area contributed by atoms with E-state index in [1.807, 2.05) is 0 Å². The summed E-state index contributed by atoms with van der Waals surface area (Å²) in [4.78, 5) is 11.2. The molecule has 0 amide bonds. The molecule has 7 nitrogen and oxygen atoms in total. The van der Waals surface area contributed by atoms with Gasteiger partial charge in [0, 0.05) is 0 Å². The third-order valence-corrected chi connectivity index (χ3v) is 4.37. The van der Waals surface area contributed by atoms with Crippen LogP contribution in [0.3, 0.4) is 0 Å². The summed E-state index contributed by atoms with van der Waals surface area (Å²) in [5, 5.41) is 21.1. The van der Waals surface area contributed by atoms with Crippen LogP contribution in [0, 0.1) is 12.3 Å². The second-order valence-electron chi connectivity index (χ2n) is 7.50. The molecule has 0 aromatic heterocycles. The number of alkyl halides is 3. The van der Waals surface area contributed by atoms with E-state index >= 15 is 0 Å². The highest BCUT2D eigenvalue weighted by molar-refractivity contribution is 6.41. The van der Waals surface area contributed by atoms with E-state index < -0.39 is 23.3 Å². The zero-order valence-electron chi connectivity index (χ0n) is 18.0. The third kappa shape index (κ3) is 6.73. The third-order valence-electron chi connectivity index (χ3n) is 4.37. The number of carboxylic acid groups (broad SMARTS) is 1. The molecular weight excluding hydrogens is 427 g/mol. The van der Waals surface area contributed by atoms with Gasteiger partial charge in [0.1, 0.15) is 23.8 Å². The van der Waals surface area contributed by atoms with Crippen LogP contribution in [-0.2, 0) is 11.0 Å². The van der Waals surface area contributed by atoms with Gasteiger partial charge in [-0.3, -0.25) is 5.43 Å². The lowest BCUT2D eigenvalue weighted by atomic mass is 10.1. The van der Waals surface area contributed by atoms with E-state index in [1.165, 1.54) is 32.9 Å². The molecule has 0 saturated heterocycles. The van der Waals surface area contributed by atoms with Gasteiger partial charge in [-0.2, -0.15) is 18.3 Å². The number of nitrogens with zero attached hydrogens (tertiary/aromatic N) is 1. The van der Waals surface area contributed by atoms with Gasteiger partial charge in [-0.05, 0) is 75.7 Å². The van der Waals surface area contributed by atoms with E-state index in [9.17, 15) is 23.1 Å². The maximum atomic E-state index is 12.6. The van der Waals surface area contributed by atoms with Crippen molar-refractivity contribution >= 4 is 23.1 Å². The number of benzene rings is 2. The van der Waals surface area contributed by atoms with Gasteiger partial charge >= 0.3 is 12.1 Å². The van der Waals surface area contributed by atoms with Crippen LogP contribution in [0.15, 0.2) is 47.6 Å². The SMILES string of the molecule is CC(=N)/C(COc1ccc(OC(C)(C)C(=O)O)c(C)c1)=N\Nc1ccc(C(F)(F)F)cc1. The summed E-state index contributed by atoms with van der Waals surface area (Å²) in [7, 11) is 0. The molecule has 0 aliphatic heterocycles. The van der Waals surface area contributed by atoms with Gasteiger partial charge in [0.2, 0.25) is 0 Å². The summed E-state index contributed by atoms with van der Waals surface area (Å²) in [6, 6.07) is 9.19. The Morgan fingerprint density at radius 3 is 2.28 bits per heavy atom. The fourth-order valence-corrected chi connectivity index (χ4v) is 2.39. The lowest BCUT2D eigenvalue weighted by Crippen LogP contribution is -2.38. The van der Waals surface area contributed by atoms with Crippen LogP contribution in [0.1, 0.15) is 31.9 Å². The Labute approximate surface area is 183 Å². The van der Waals surface area contributed by atoms with E-state index in [1.54, 1.807) is 25.1 Å².